The van der Waals surface area contributed by atoms with E-state index < -0.39 is 15.9 Å². The predicted octanol–water partition coefficient (Wildman–Crippen LogP) is 2.16. The van der Waals surface area contributed by atoms with Gasteiger partial charge in [-0.3, -0.25) is 10.2 Å². The number of sulfonamides is 1. The zero-order chi connectivity index (χ0) is 17.2. The maximum Gasteiger partial charge on any atom is 0.266 e. The van der Waals surface area contributed by atoms with Crippen LogP contribution in [-0.4, -0.2) is 27.4 Å². The second-order valence-electron chi connectivity index (χ2n) is 5.37. The summed E-state index contributed by atoms with van der Waals surface area (Å²) in [4.78, 5) is 16.2. The van der Waals surface area contributed by atoms with Crippen LogP contribution in [0, 0.1) is 0 Å². The Balaban J connectivity index is 1.61. The molecule has 1 aliphatic heterocycles. The van der Waals surface area contributed by atoms with E-state index in [1.54, 1.807) is 0 Å². The largest absolute Gasteiger partial charge is 0.362 e. The Labute approximate surface area is 149 Å². The van der Waals surface area contributed by atoms with Crippen molar-refractivity contribution in [1.82, 2.24) is 10.3 Å². The zero-order valence-corrected chi connectivity index (χ0v) is 15.0. The fourth-order valence-corrected chi connectivity index (χ4v) is 4.95. The maximum absolute atomic E-state index is 12.1. The quantitative estimate of drug-likeness (QED) is 0.773. The number of hydrogen-bond acceptors (Lipinski definition) is 5. The molecule has 9 heteroatoms. The number of anilines is 1. The molecule has 0 saturated carbocycles. The van der Waals surface area contributed by atoms with Crippen LogP contribution in [0.25, 0.3) is 0 Å². The van der Waals surface area contributed by atoms with Crippen LogP contribution in [0.5, 0.6) is 0 Å². The SMILES string of the molecule is O=C(CN1CCCc2ccccc21)NNS(=O)(=O)c1ccc(Cl)s1. The van der Waals surface area contributed by atoms with Crippen molar-refractivity contribution in [2.75, 3.05) is 18.0 Å². The Morgan fingerprint density at radius 3 is 2.79 bits per heavy atom. The van der Waals surface area contributed by atoms with Gasteiger partial charge >= 0.3 is 0 Å². The van der Waals surface area contributed by atoms with E-state index >= 15 is 0 Å². The molecule has 1 aromatic carbocycles. The molecule has 2 aromatic rings. The number of para-hydroxylation sites is 1. The number of carbonyl (C=O) groups excluding carboxylic acids is 1. The first-order valence-corrected chi connectivity index (χ1v) is 10.0. The van der Waals surface area contributed by atoms with Crippen LogP contribution in [0.4, 0.5) is 5.69 Å². The van der Waals surface area contributed by atoms with Crippen molar-refractivity contribution in [2.24, 2.45) is 0 Å². The van der Waals surface area contributed by atoms with E-state index in [2.05, 4.69) is 10.3 Å². The van der Waals surface area contributed by atoms with Crippen molar-refractivity contribution in [3.8, 4) is 0 Å². The van der Waals surface area contributed by atoms with E-state index in [0.29, 0.717) is 4.34 Å². The maximum atomic E-state index is 12.1. The molecule has 0 spiro atoms. The van der Waals surface area contributed by atoms with Crippen molar-refractivity contribution in [3.05, 3.63) is 46.3 Å². The minimum atomic E-state index is -3.80. The molecule has 0 aliphatic carbocycles. The highest BCUT2D eigenvalue weighted by atomic mass is 35.5. The lowest BCUT2D eigenvalue weighted by Gasteiger charge is -2.30. The molecular weight excluding hydrogens is 370 g/mol. The molecule has 3 rings (SSSR count). The van der Waals surface area contributed by atoms with Crippen molar-refractivity contribution in [2.45, 2.75) is 17.1 Å². The van der Waals surface area contributed by atoms with Gasteiger partial charge in [0.1, 0.15) is 4.21 Å². The van der Waals surface area contributed by atoms with Gasteiger partial charge in [0.05, 0.1) is 10.9 Å². The summed E-state index contributed by atoms with van der Waals surface area (Å²) in [5.74, 6) is -0.419. The molecule has 6 nitrogen and oxygen atoms in total. The third-order valence-corrected chi connectivity index (χ3v) is 6.65. The van der Waals surface area contributed by atoms with Crippen LogP contribution in [-0.2, 0) is 21.2 Å². The number of nitrogens with one attached hydrogen (secondary N) is 2. The molecule has 0 atom stereocenters. The smallest absolute Gasteiger partial charge is 0.266 e. The van der Waals surface area contributed by atoms with Gasteiger partial charge in [-0.05, 0) is 36.6 Å². The van der Waals surface area contributed by atoms with Crippen molar-refractivity contribution in [3.63, 3.8) is 0 Å². The third kappa shape index (κ3) is 3.89. The summed E-state index contributed by atoms with van der Waals surface area (Å²) < 4.78 is 24.5. The molecular formula is C15H16ClN3O3S2. The molecule has 2 N–H and O–H groups in total. The molecule has 1 aromatic heterocycles. The molecule has 128 valence electrons. The average molecular weight is 386 g/mol. The Morgan fingerprint density at radius 1 is 1.25 bits per heavy atom. The Hall–Kier alpha value is -1.61. The molecule has 1 aliphatic rings. The highest BCUT2D eigenvalue weighted by Gasteiger charge is 2.21. The van der Waals surface area contributed by atoms with E-state index in [1.165, 1.54) is 17.7 Å². The molecule has 0 fully saturated rings. The fourth-order valence-electron chi connectivity index (χ4n) is 2.61. The van der Waals surface area contributed by atoms with E-state index in [4.69, 9.17) is 11.6 Å². The number of hydrogen-bond donors (Lipinski definition) is 2. The minimum Gasteiger partial charge on any atom is -0.362 e. The van der Waals surface area contributed by atoms with Gasteiger partial charge in [0.25, 0.3) is 15.9 Å². The second-order valence-corrected chi connectivity index (χ2v) is 8.99. The van der Waals surface area contributed by atoms with Gasteiger partial charge in [-0.2, -0.15) is 0 Å². The summed E-state index contributed by atoms with van der Waals surface area (Å²) in [6.45, 7) is 0.850. The number of rotatable bonds is 5. The number of thiophene rings is 1. The molecule has 0 saturated heterocycles. The van der Waals surface area contributed by atoms with E-state index in [-0.39, 0.29) is 10.8 Å². The molecule has 1 amide bonds. The number of carbonyl (C=O) groups is 1. The number of benzene rings is 1. The second kappa shape index (κ2) is 7.10. The lowest BCUT2D eigenvalue weighted by atomic mass is 10.0. The Bertz CT molecular complexity index is 851. The molecule has 0 unspecified atom stereocenters. The van der Waals surface area contributed by atoms with E-state index in [9.17, 15) is 13.2 Å². The molecule has 0 radical (unpaired) electrons. The zero-order valence-electron chi connectivity index (χ0n) is 12.7. The molecule has 0 bridgehead atoms. The van der Waals surface area contributed by atoms with Gasteiger partial charge in [-0.25, -0.2) is 8.42 Å². The number of hydrazine groups is 1. The highest BCUT2D eigenvalue weighted by Crippen LogP contribution is 2.26. The number of fused-ring (bicyclic) bond motifs is 1. The van der Waals surface area contributed by atoms with Gasteiger partial charge in [0.2, 0.25) is 0 Å². The number of aryl methyl sites for hydroxylation is 1. The lowest BCUT2D eigenvalue weighted by Crippen LogP contribution is -2.47. The van der Waals surface area contributed by atoms with Gasteiger partial charge in [0.15, 0.2) is 0 Å². The summed E-state index contributed by atoms with van der Waals surface area (Å²) in [5.41, 5.74) is 4.47. The highest BCUT2D eigenvalue weighted by molar-refractivity contribution is 7.91. The Kier molecular flexibility index (Phi) is 5.09. The summed E-state index contributed by atoms with van der Waals surface area (Å²) in [5, 5.41) is 0. The van der Waals surface area contributed by atoms with E-state index in [1.807, 2.05) is 29.2 Å². The fraction of sp³-hybridized carbons (Fsp3) is 0.267. The van der Waals surface area contributed by atoms with Crippen LogP contribution < -0.4 is 15.2 Å². The van der Waals surface area contributed by atoms with Crippen molar-refractivity contribution in [1.29, 1.82) is 0 Å². The summed E-state index contributed by atoms with van der Waals surface area (Å²) in [6.07, 6.45) is 1.95. The van der Waals surface area contributed by atoms with Crippen LogP contribution in [0.1, 0.15) is 12.0 Å². The monoisotopic (exact) mass is 385 g/mol. The van der Waals surface area contributed by atoms with Crippen molar-refractivity contribution >= 4 is 44.6 Å². The number of halogens is 1. The first kappa shape index (κ1) is 17.2. The van der Waals surface area contributed by atoms with E-state index in [0.717, 1.165) is 36.4 Å². The minimum absolute atomic E-state index is 0.0520. The number of amides is 1. The van der Waals surface area contributed by atoms with Crippen LogP contribution >= 0.6 is 22.9 Å². The van der Waals surface area contributed by atoms with Crippen LogP contribution in [0.15, 0.2) is 40.6 Å². The van der Waals surface area contributed by atoms with Gasteiger partial charge in [-0.1, -0.05) is 29.8 Å². The normalized spacial score (nSPS) is 14.3. The van der Waals surface area contributed by atoms with Crippen LogP contribution in [0.2, 0.25) is 4.34 Å². The standard InChI is InChI=1S/C15H16ClN3O3S2/c16-13-7-8-15(23-13)24(21,22)18-17-14(20)10-19-9-3-5-11-4-1-2-6-12(11)19/h1-2,4,6-8,18H,3,5,9-10H2,(H,17,20). The summed E-state index contributed by atoms with van der Waals surface area (Å²) in [6, 6.07) is 10.8. The van der Waals surface area contributed by atoms with Crippen molar-refractivity contribution < 1.29 is 13.2 Å². The summed E-state index contributed by atoms with van der Waals surface area (Å²) in [7, 11) is -3.80. The van der Waals surface area contributed by atoms with Gasteiger partial charge in [-0.15, -0.1) is 16.2 Å². The number of nitrogens with zero attached hydrogens (tertiary/aromatic N) is 1. The average Bonchev–Trinajstić information content (AvgIpc) is 3.01. The lowest BCUT2D eigenvalue weighted by molar-refractivity contribution is -0.120. The molecule has 2 heterocycles. The predicted molar refractivity (Wildman–Crippen MR) is 94.8 cm³/mol. The topological polar surface area (TPSA) is 78.5 Å². The van der Waals surface area contributed by atoms with Gasteiger partial charge in [0, 0.05) is 12.2 Å². The van der Waals surface area contributed by atoms with Gasteiger partial charge < -0.3 is 4.90 Å². The first-order valence-electron chi connectivity index (χ1n) is 7.34. The first-order chi connectivity index (χ1) is 11.5. The Morgan fingerprint density at radius 2 is 2.04 bits per heavy atom. The third-order valence-electron chi connectivity index (χ3n) is 3.68. The summed E-state index contributed by atoms with van der Waals surface area (Å²) >= 11 is 6.66. The molecule has 24 heavy (non-hydrogen) atoms. The van der Waals surface area contributed by atoms with Crippen LogP contribution in [0.3, 0.4) is 0 Å².